The maximum Gasteiger partial charge on any atom is 0.281 e. The van der Waals surface area contributed by atoms with Crippen LogP contribution in [0.15, 0.2) is 24.8 Å². The molecule has 4 aromatic rings. The highest BCUT2D eigenvalue weighted by atomic mass is 19.3. The number of alkyl halides is 4. The Balaban J connectivity index is 1.38. The van der Waals surface area contributed by atoms with Crippen LogP contribution in [0, 0.1) is 5.82 Å². The highest BCUT2D eigenvalue weighted by Gasteiger charge is 2.51. The van der Waals surface area contributed by atoms with Gasteiger partial charge in [0.05, 0.1) is 50.9 Å². The first-order valence-corrected chi connectivity index (χ1v) is 11.0. The summed E-state index contributed by atoms with van der Waals surface area (Å²) in [5, 5.41) is 6.81. The molecule has 1 N–H and O–H groups in total. The molecule has 6 rings (SSSR count). The van der Waals surface area contributed by atoms with Crippen LogP contribution in [0.1, 0.15) is 12.1 Å². The van der Waals surface area contributed by atoms with Crippen molar-refractivity contribution in [3.05, 3.63) is 36.3 Å². The normalized spacial score (nSPS) is 20.5. The number of likely N-dealkylation sites (tertiary alicyclic amines) is 1. The minimum Gasteiger partial charge on any atom is -0.479 e. The molecule has 4 aromatic heterocycles. The molecule has 2 fully saturated rings. The van der Waals surface area contributed by atoms with Gasteiger partial charge in [-0.15, -0.1) is 5.10 Å². The van der Waals surface area contributed by atoms with Gasteiger partial charge < -0.3 is 14.8 Å². The van der Waals surface area contributed by atoms with E-state index < -0.39 is 36.4 Å². The molecule has 0 radical (unpaired) electrons. The van der Waals surface area contributed by atoms with Crippen molar-refractivity contribution in [2.45, 2.75) is 24.4 Å². The number of nitrogens with zero attached hydrogens (tertiary/aromatic N) is 7. The molecule has 36 heavy (non-hydrogen) atoms. The monoisotopic (exact) mass is 510 g/mol. The molecule has 2 saturated heterocycles. The summed E-state index contributed by atoms with van der Waals surface area (Å²) in [7, 11) is 1.29. The van der Waals surface area contributed by atoms with Crippen molar-refractivity contribution in [3.63, 3.8) is 0 Å². The minimum absolute atomic E-state index is 0.0210. The zero-order valence-corrected chi connectivity index (χ0v) is 18.7. The highest BCUT2D eigenvalue weighted by molar-refractivity contribution is 5.84. The van der Waals surface area contributed by atoms with Gasteiger partial charge in [-0.3, -0.25) is 9.30 Å². The standard InChI is InChI=1S/C21H19F5N8O2/c1-35-18-16-15(10-2-27-20-28-3-13(17(23)24)33(20)4-10)12(22)5-34(16)31-19(30-18)29-14-6-32(9-21(14,25)26)11-7-36-8-11/h2-5,11,14,17H,6-9H2,1H3,(H,29,31)/t14-/m1/s1. The van der Waals surface area contributed by atoms with Gasteiger partial charge in [0.1, 0.15) is 17.3 Å². The Kier molecular flexibility index (Phi) is 5.22. The SMILES string of the molecule is COc1nc(N[C@@H]2CN(C3COC3)CC2(F)F)nn2cc(F)c(-c3cnc4ncc(C(F)F)n4c3)c12. The quantitative estimate of drug-likeness (QED) is 0.396. The molecule has 0 amide bonds. The van der Waals surface area contributed by atoms with Crippen molar-refractivity contribution in [1.82, 2.24) is 33.9 Å². The van der Waals surface area contributed by atoms with Gasteiger partial charge >= 0.3 is 0 Å². The third-order valence-electron chi connectivity index (χ3n) is 6.43. The maximum atomic E-state index is 15.1. The van der Waals surface area contributed by atoms with Gasteiger partial charge in [0.25, 0.3) is 12.3 Å². The molecule has 2 aliphatic heterocycles. The van der Waals surface area contributed by atoms with E-state index in [4.69, 9.17) is 9.47 Å². The zero-order chi connectivity index (χ0) is 25.2. The van der Waals surface area contributed by atoms with Crippen molar-refractivity contribution < 1.29 is 31.4 Å². The number of nitrogens with one attached hydrogen (secondary N) is 1. The fourth-order valence-electron chi connectivity index (χ4n) is 4.51. The topological polar surface area (TPSA) is 94.1 Å². The molecule has 0 aromatic carbocycles. The van der Waals surface area contributed by atoms with E-state index in [-0.39, 0.29) is 46.8 Å². The fraction of sp³-hybridized carbons (Fsp3) is 0.429. The number of imidazole rings is 1. The summed E-state index contributed by atoms with van der Waals surface area (Å²) in [6.07, 6.45) is 1.75. The summed E-state index contributed by atoms with van der Waals surface area (Å²) in [4.78, 5) is 13.7. The maximum absolute atomic E-state index is 15.1. The molecule has 15 heteroatoms. The fourth-order valence-corrected chi connectivity index (χ4v) is 4.51. The van der Waals surface area contributed by atoms with Crippen LogP contribution in [-0.4, -0.2) is 85.3 Å². The van der Waals surface area contributed by atoms with Gasteiger partial charge in [0.15, 0.2) is 5.82 Å². The summed E-state index contributed by atoms with van der Waals surface area (Å²) in [5.74, 6) is -4.07. The second kappa shape index (κ2) is 8.23. The van der Waals surface area contributed by atoms with Crippen molar-refractivity contribution in [1.29, 1.82) is 0 Å². The highest BCUT2D eigenvalue weighted by Crippen LogP contribution is 2.36. The minimum atomic E-state index is -3.05. The number of fused-ring (bicyclic) bond motifs is 2. The largest absolute Gasteiger partial charge is 0.479 e. The van der Waals surface area contributed by atoms with Crippen LogP contribution in [0.2, 0.25) is 0 Å². The lowest BCUT2D eigenvalue weighted by atomic mass is 10.1. The molecule has 190 valence electrons. The van der Waals surface area contributed by atoms with E-state index in [1.165, 1.54) is 19.5 Å². The lowest BCUT2D eigenvalue weighted by molar-refractivity contribution is -0.0711. The van der Waals surface area contributed by atoms with Crippen LogP contribution in [0.25, 0.3) is 22.4 Å². The van der Waals surface area contributed by atoms with Gasteiger partial charge in [-0.2, -0.15) is 4.98 Å². The summed E-state index contributed by atoms with van der Waals surface area (Å²) >= 11 is 0. The van der Waals surface area contributed by atoms with Crippen LogP contribution in [-0.2, 0) is 4.74 Å². The Morgan fingerprint density at radius 1 is 1.19 bits per heavy atom. The van der Waals surface area contributed by atoms with Gasteiger partial charge in [-0.1, -0.05) is 0 Å². The zero-order valence-electron chi connectivity index (χ0n) is 18.7. The van der Waals surface area contributed by atoms with E-state index in [0.29, 0.717) is 13.2 Å². The number of methoxy groups -OCH3 is 1. The predicted molar refractivity (Wildman–Crippen MR) is 115 cm³/mol. The van der Waals surface area contributed by atoms with Crippen molar-refractivity contribution in [2.75, 3.05) is 38.7 Å². The molecule has 1 atom stereocenters. The van der Waals surface area contributed by atoms with E-state index in [1.54, 1.807) is 4.90 Å². The predicted octanol–water partition coefficient (Wildman–Crippen LogP) is 2.65. The van der Waals surface area contributed by atoms with E-state index >= 15 is 4.39 Å². The second-order valence-corrected chi connectivity index (χ2v) is 8.66. The Morgan fingerprint density at radius 3 is 2.67 bits per heavy atom. The molecule has 0 saturated carbocycles. The van der Waals surface area contributed by atoms with Gasteiger partial charge in [0, 0.05) is 24.5 Å². The number of hydrogen-bond donors (Lipinski definition) is 1. The lowest BCUT2D eigenvalue weighted by Gasteiger charge is -2.34. The van der Waals surface area contributed by atoms with E-state index in [9.17, 15) is 17.6 Å². The Morgan fingerprint density at radius 2 is 1.97 bits per heavy atom. The molecule has 0 aliphatic carbocycles. The first-order valence-electron chi connectivity index (χ1n) is 11.0. The third kappa shape index (κ3) is 3.61. The van der Waals surface area contributed by atoms with Gasteiger partial charge in [-0.05, 0) is 0 Å². The van der Waals surface area contributed by atoms with Crippen LogP contribution in [0.4, 0.5) is 27.9 Å². The average molecular weight is 510 g/mol. The van der Waals surface area contributed by atoms with Gasteiger partial charge in [-0.25, -0.2) is 36.4 Å². The van der Waals surface area contributed by atoms with Crippen LogP contribution in [0.5, 0.6) is 5.88 Å². The molecule has 0 bridgehead atoms. The number of aromatic nitrogens is 6. The number of anilines is 1. The van der Waals surface area contributed by atoms with Crippen LogP contribution >= 0.6 is 0 Å². The Hall–Kier alpha value is -3.59. The molecular weight excluding hydrogens is 491 g/mol. The second-order valence-electron chi connectivity index (χ2n) is 8.66. The number of rotatable bonds is 6. The molecule has 0 spiro atoms. The Bertz CT molecular complexity index is 1450. The summed E-state index contributed by atoms with van der Waals surface area (Å²) in [6, 6.07) is -1.34. The lowest BCUT2D eigenvalue weighted by Crippen LogP contribution is -2.48. The van der Waals surface area contributed by atoms with Crippen LogP contribution < -0.4 is 10.1 Å². The summed E-state index contributed by atoms with van der Waals surface area (Å²) < 4.78 is 83.8. The van der Waals surface area contributed by atoms with Gasteiger partial charge in [0.2, 0.25) is 17.6 Å². The Labute approximate surface area is 199 Å². The van der Waals surface area contributed by atoms with Crippen molar-refractivity contribution >= 4 is 17.2 Å². The third-order valence-corrected chi connectivity index (χ3v) is 6.43. The molecule has 2 aliphatic rings. The van der Waals surface area contributed by atoms with E-state index in [1.807, 2.05) is 0 Å². The van der Waals surface area contributed by atoms with E-state index in [2.05, 4.69) is 25.4 Å². The van der Waals surface area contributed by atoms with E-state index in [0.717, 1.165) is 21.3 Å². The molecule has 6 heterocycles. The summed E-state index contributed by atoms with van der Waals surface area (Å²) in [6.45, 7) is 0.440. The first kappa shape index (κ1) is 22.8. The van der Waals surface area contributed by atoms with Crippen molar-refractivity contribution in [3.8, 4) is 17.0 Å². The number of ether oxygens (including phenoxy) is 2. The summed E-state index contributed by atoms with van der Waals surface area (Å²) in [5.41, 5.74) is -0.237. The van der Waals surface area contributed by atoms with Crippen molar-refractivity contribution in [2.24, 2.45) is 0 Å². The number of hydrogen-bond acceptors (Lipinski definition) is 8. The smallest absolute Gasteiger partial charge is 0.281 e. The first-order chi connectivity index (χ1) is 17.2. The molecule has 10 nitrogen and oxygen atoms in total. The average Bonchev–Trinajstić information content (AvgIpc) is 3.44. The number of halogens is 5. The molecular formula is C21H19F5N8O2. The molecule has 0 unspecified atom stereocenters. The van der Waals surface area contributed by atoms with Crippen LogP contribution in [0.3, 0.4) is 0 Å².